The van der Waals surface area contributed by atoms with Crippen LogP contribution >= 0.6 is 0 Å². The Labute approximate surface area is 151 Å². The normalized spacial score (nSPS) is 19.3. The van der Waals surface area contributed by atoms with Crippen molar-refractivity contribution in [1.29, 1.82) is 0 Å². The van der Waals surface area contributed by atoms with Crippen molar-refractivity contribution in [2.75, 3.05) is 46.9 Å². The molecule has 1 atom stereocenters. The van der Waals surface area contributed by atoms with Crippen LogP contribution < -0.4 is 0 Å². The van der Waals surface area contributed by atoms with Crippen molar-refractivity contribution in [1.82, 2.24) is 19.6 Å². The molecule has 136 valence electrons. The molecule has 0 radical (unpaired) electrons. The summed E-state index contributed by atoms with van der Waals surface area (Å²) in [6, 6.07) is 6.52. The van der Waals surface area contributed by atoms with Crippen LogP contribution in [0.25, 0.3) is 5.69 Å². The zero-order valence-electron chi connectivity index (χ0n) is 15.9. The number of aromatic nitrogens is 2. The van der Waals surface area contributed by atoms with E-state index in [1.54, 1.807) is 0 Å². The van der Waals surface area contributed by atoms with Gasteiger partial charge < -0.3 is 9.64 Å². The quantitative estimate of drug-likeness (QED) is 0.836. The first-order valence-corrected chi connectivity index (χ1v) is 9.08. The van der Waals surface area contributed by atoms with Gasteiger partial charge in [0.25, 0.3) is 0 Å². The first kappa shape index (κ1) is 18.1. The molecule has 0 aliphatic carbocycles. The lowest BCUT2D eigenvalue weighted by Crippen LogP contribution is -2.34. The van der Waals surface area contributed by atoms with Gasteiger partial charge in [-0.15, -0.1) is 0 Å². The van der Waals surface area contributed by atoms with Gasteiger partial charge in [-0.25, -0.2) is 4.68 Å². The van der Waals surface area contributed by atoms with Crippen molar-refractivity contribution in [2.24, 2.45) is 5.92 Å². The Balaban J connectivity index is 1.84. The van der Waals surface area contributed by atoms with Crippen molar-refractivity contribution in [3.63, 3.8) is 0 Å². The number of hydrogen-bond acceptors (Lipinski definition) is 4. The summed E-state index contributed by atoms with van der Waals surface area (Å²) < 4.78 is 7.84. The average molecular weight is 342 g/mol. The lowest BCUT2D eigenvalue weighted by Gasteiger charge is -2.26. The van der Waals surface area contributed by atoms with Gasteiger partial charge in [0.2, 0.25) is 0 Å². The Kier molecular flexibility index (Phi) is 5.89. The van der Waals surface area contributed by atoms with Crippen molar-refractivity contribution < 1.29 is 4.74 Å². The van der Waals surface area contributed by atoms with Gasteiger partial charge in [-0.2, -0.15) is 5.10 Å². The monoisotopic (exact) mass is 342 g/mol. The molecular weight excluding hydrogens is 312 g/mol. The molecule has 3 rings (SSSR count). The fourth-order valence-corrected chi connectivity index (χ4v) is 3.86. The topological polar surface area (TPSA) is 33.5 Å². The van der Waals surface area contributed by atoms with Crippen LogP contribution in [0.2, 0.25) is 0 Å². The highest BCUT2D eigenvalue weighted by atomic mass is 16.5. The second-order valence-corrected chi connectivity index (χ2v) is 7.48. The van der Waals surface area contributed by atoms with Crippen LogP contribution in [-0.4, -0.2) is 66.5 Å². The molecule has 1 fully saturated rings. The van der Waals surface area contributed by atoms with Crippen molar-refractivity contribution >= 4 is 0 Å². The summed E-state index contributed by atoms with van der Waals surface area (Å²) in [4.78, 5) is 4.78. The second kappa shape index (κ2) is 8.13. The van der Waals surface area contributed by atoms with Crippen LogP contribution in [0.4, 0.5) is 0 Å². The molecular formula is C20H30N4O. The third kappa shape index (κ3) is 4.69. The molecule has 0 saturated carbocycles. The van der Waals surface area contributed by atoms with Gasteiger partial charge in [0, 0.05) is 44.5 Å². The largest absolute Gasteiger partial charge is 0.380 e. The fourth-order valence-electron chi connectivity index (χ4n) is 3.86. The Morgan fingerprint density at radius 1 is 1.28 bits per heavy atom. The minimum absolute atomic E-state index is 0.552. The molecule has 5 heteroatoms. The Morgan fingerprint density at radius 3 is 2.84 bits per heavy atom. The maximum absolute atomic E-state index is 5.84. The van der Waals surface area contributed by atoms with E-state index in [2.05, 4.69) is 55.0 Å². The van der Waals surface area contributed by atoms with Gasteiger partial charge in [-0.1, -0.05) is 17.7 Å². The van der Waals surface area contributed by atoms with Crippen LogP contribution in [0, 0.1) is 19.8 Å². The van der Waals surface area contributed by atoms with Gasteiger partial charge in [-0.05, 0) is 45.1 Å². The molecule has 0 spiro atoms. The van der Waals surface area contributed by atoms with Crippen molar-refractivity contribution in [2.45, 2.75) is 20.4 Å². The van der Waals surface area contributed by atoms with E-state index in [0.717, 1.165) is 39.4 Å². The fraction of sp³-hybridized carbons (Fsp3) is 0.550. The van der Waals surface area contributed by atoms with E-state index in [1.165, 1.54) is 22.4 Å². The predicted molar refractivity (Wildman–Crippen MR) is 101 cm³/mol. The van der Waals surface area contributed by atoms with Crippen LogP contribution in [0.5, 0.6) is 0 Å². The SMILES string of the molecule is Cc1cc(C)c(-n2cccn2)c(CN2CCOCC(CN(C)C)C2)c1. The lowest BCUT2D eigenvalue weighted by atomic mass is 10.0. The molecule has 2 heterocycles. The third-order valence-electron chi connectivity index (χ3n) is 4.70. The molecule has 1 saturated heterocycles. The number of benzene rings is 1. The number of hydrogen-bond donors (Lipinski definition) is 0. The zero-order valence-corrected chi connectivity index (χ0v) is 15.9. The van der Waals surface area contributed by atoms with E-state index in [9.17, 15) is 0 Å². The molecule has 1 aliphatic heterocycles. The highest BCUT2D eigenvalue weighted by molar-refractivity contribution is 5.49. The minimum atomic E-state index is 0.552. The summed E-state index contributed by atoms with van der Waals surface area (Å²) in [7, 11) is 4.27. The first-order chi connectivity index (χ1) is 12.0. The Hall–Kier alpha value is -1.69. The highest BCUT2D eigenvalue weighted by Gasteiger charge is 2.21. The number of aryl methyl sites for hydroxylation is 2. The van der Waals surface area contributed by atoms with E-state index in [0.29, 0.717) is 5.92 Å². The number of ether oxygens (including phenoxy) is 1. The molecule has 25 heavy (non-hydrogen) atoms. The lowest BCUT2D eigenvalue weighted by molar-refractivity contribution is 0.112. The molecule has 1 aliphatic rings. The molecule has 0 amide bonds. The third-order valence-corrected chi connectivity index (χ3v) is 4.70. The summed E-state index contributed by atoms with van der Waals surface area (Å²) in [5.74, 6) is 0.552. The molecule has 0 bridgehead atoms. The number of nitrogens with zero attached hydrogens (tertiary/aromatic N) is 4. The van der Waals surface area contributed by atoms with E-state index >= 15 is 0 Å². The molecule has 1 aromatic carbocycles. The Morgan fingerprint density at radius 2 is 2.12 bits per heavy atom. The van der Waals surface area contributed by atoms with Gasteiger partial charge in [0.1, 0.15) is 0 Å². The first-order valence-electron chi connectivity index (χ1n) is 9.08. The van der Waals surface area contributed by atoms with Gasteiger partial charge in [0.15, 0.2) is 0 Å². The number of rotatable bonds is 5. The summed E-state index contributed by atoms with van der Waals surface area (Å²) in [6.07, 6.45) is 3.87. The van der Waals surface area contributed by atoms with Gasteiger partial charge in [0.05, 0.1) is 18.9 Å². The van der Waals surface area contributed by atoms with Crippen LogP contribution in [-0.2, 0) is 11.3 Å². The average Bonchev–Trinajstić information content (AvgIpc) is 2.95. The Bertz CT molecular complexity index is 681. The standard InChI is InChI=1S/C20H30N4O/c1-16-10-17(2)20(24-7-5-6-21-24)19(11-16)14-23-8-9-25-15-18(13-23)12-22(3)4/h5-7,10-11,18H,8-9,12-15H2,1-4H3. The second-order valence-electron chi connectivity index (χ2n) is 7.48. The van der Waals surface area contributed by atoms with E-state index in [1.807, 2.05) is 23.1 Å². The highest BCUT2D eigenvalue weighted by Crippen LogP contribution is 2.23. The van der Waals surface area contributed by atoms with E-state index < -0.39 is 0 Å². The maximum Gasteiger partial charge on any atom is 0.0719 e. The van der Waals surface area contributed by atoms with Crippen LogP contribution in [0.15, 0.2) is 30.6 Å². The molecule has 1 aromatic heterocycles. The minimum Gasteiger partial charge on any atom is -0.380 e. The summed E-state index contributed by atoms with van der Waals surface area (Å²) in [5, 5.41) is 4.47. The maximum atomic E-state index is 5.84. The van der Waals surface area contributed by atoms with Gasteiger partial charge >= 0.3 is 0 Å². The van der Waals surface area contributed by atoms with Crippen LogP contribution in [0.3, 0.4) is 0 Å². The van der Waals surface area contributed by atoms with Crippen LogP contribution in [0.1, 0.15) is 16.7 Å². The van der Waals surface area contributed by atoms with Crippen molar-refractivity contribution in [3.8, 4) is 5.69 Å². The zero-order chi connectivity index (χ0) is 17.8. The summed E-state index contributed by atoms with van der Waals surface area (Å²) in [6.45, 7) is 10.1. The smallest absolute Gasteiger partial charge is 0.0719 e. The van der Waals surface area contributed by atoms with Crippen molar-refractivity contribution in [3.05, 3.63) is 47.3 Å². The van der Waals surface area contributed by atoms with E-state index in [-0.39, 0.29) is 0 Å². The summed E-state index contributed by atoms with van der Waals surface area (Å²) >= 11 is 0. The molecule has 0 N–H and O–H groups in total. The molecule has 2 aromatic rings. The predicted octanol–water partition coefficient (Wildman–Crippen LogP) is 2.50. The van der Waals surface area contributed by atoms with Gasteiger partial charge in [-0.3, -0.25) is 4.90 Å². The van der Waals surface area contributed by atoms with E-state index in [4.69, 9.17) is 4.74 Å². The molecule has 1 unspecified atom stereocenters. The summed E-state index contributed by atoms with van der Waals surface area (Å²) in [5.41, 5.74) is 5.13. The molecule has 5 nitrogen and oxygen atoms in total.